The topological polar surface area (TPSA) is 110 Å². The van der Waals surface area contributed by atoms with Gasteiger partial charge >= 0.3 is 0 Å². The van der Waals surface area contributed by atoms with Gasteiger partial charge in [0.15, 0.2) is 9.84 Å². The first kappa shape index (κ1) is 19.6. The molecule has 0 spiro atoms. The summed E-state index contributed by atoms with van der Waals surface area (Å²) in [5.41, 5.74) is 4.43. The summed E-state index contributed by atoms with van der Waals surface area (Å²) in [6, 6.07) is 7.69. The van der Waals surface area contributed by atoms with Gasteiger partial charge in [-0.2, -0.15) is 5.10 Å². The fraction of sp³-hybridized carbons (Fsp3) is 0.450. The normalized spacial score (nSPS) is 18.3. The summed E-state index contributed by atoms with van der Waals surface area (Å²) >= 11 is 0. The van der Waals surface area contributed by atoms with Gasteiger partial charge in [-0.3, -0.25) is 9.48 Å². The number of fused-ring (bicyclic) bond motifs is 1. The van der Waals surface area contributed by atoms with E-state index in [1.54, 1.807) is 4.68 Å². The molecule has 8 nitrogen and oxygen atoms in total. The maximum atomic E-state index is 12.4. The number of para-hydroxylation sites is 2. The van der Waals surface area contributed by atoms with Crippen LogP contribution in [-0.2, 0) is 27.5 Å². The Morgan fingerprint density at radius 1 is 1.31 bits per heavy atom. The number of carbonyl (C=O) groups excluding carboxylic acids is 1. The number of aromatic nitrogens is 4. The summed E-state index contributed by atoms with van der Waals surface area (Å²) in [6.07, 6.45) is 1.43. The Morgan fingerprint density at radius 2 is 2.10 bits per heavy atom. The van der Waals surface area contributed by atoms with E-state index in [0.717, 1.165) is 33.8 Å². The number of nitrogens with one attached hydrogen (secondary N) is 2. The van der Waals surface area contributed by atoms with Crippen LogP contribution in [0.3, 0.4) is 0 Å². The van der Waals surface area contributed by atoms with Gasteiger partial charge in [0.25, 0.3) is 0 Å². The molecule has 1 aliphatic heterocycles. The summed E-state index contributed by atoms with van der Waals surface area (Å²) in [5.74, 6) is 1.09. The molecule has 3 heterocycles. The van der Waals surface area contributed by atoms with Gasteiger partial charge in [0.2, 0.25) is 5.91 Å². The molecule has 1 saturated heterocycles. The van der Waals surface area contributed by atoms with Crippen LogP contribution >= 0.6 is 0 Å². The molecule has 0 radical (unpaired) electrons. The Morgan fingerprint density at radius 3 is 2.83 bits per heavy atom. The first-order chi connectivity index (χ1) is 13.8. The van der Waals surface area contributed by atoms with E-state index in [2.05, 4.69) is 20.4 Å². The molecule has 1 atom stereocenters. The molecule has 0 aliphatic carbocycles. The van der Waals surface area contributed by atoms with Crippen molar-refractivity contribution in [2.24, 2.45) is 0 Å². The van der Waals surface area contributed by atoms with E-state index < -0.39 is 9.84 Å². The van der Waals surface area contributed by atoms with E-state index in [4.69, 9.17) is 0 Å². The Balaban J connectivity index is 1.36. The lowest BCUT2D eigenvalue weighted by Crippen LogP contribution is -2.27. The molecule has 2 aromatic heterocycles. The third kappa shape index (κ3) is 4.19. The SMILES string of the molecule is Cc1nn(C2CCS(=O)(=O)C2)c(C)c1CC(=O)NCCc1nc2ccccc2[nH]1. The molecule has 1 aromatic carbocycles. The zero-order chi connectivity index (χ0) is 20.6. The van der Waals surface area contributed by atoms with Crippen molar-refractivity contribution < 1.29 is 13.2 Å². The van der Waals surface area contributed by atoms with Gasteiger partial charge in [-0.15, -0.1) is 0 Å². The van der Waals surface area contributed by atoms with Crippen LogP contribution in [0.4, 0.5) is 0 Å². The van der Waals surface area contributed by atoms with Crippen LogP contribution in [0.25, 0.3) is 11.0 Å². The van der Waals surface area contributed by atoms with E-state index in [-0.39, 0.29) is 29.9 Å². The zero-order valence-electron chi connectivity index (χ0n) is 16.6. The molecule has 9 heteroatoms. The second-order valence-electron chi connectivity index (χ2n) is 7.63. The number of nitrogens with zero attached hydrogens (tertiary/aromatic N) is 3. The predicted molar refractivity (Wildman–Crippen MR) is 111 cm³/mol. The lowest BCUT2D eigenvalue weighted by molar-refractivity contribution is -0.120. The Bertz CT molecular complexity index is 1130. The Kier molecular flexibility index (Phi) is 5.16. The largest absolute Gasteiger partial charge is 0.355 e. The van der Waals surface area contributed by atoms with Crippen LogP contribution in [0.1, 0.15) is 35.2 Å². The zero-order valence-corrected chi connectivity index (χ0v) is 17.4. The Labute approximate surface area is 169 Å². The highest BCUT2D eigenvalue weighted by Crippen LogP contribution is 2.27. The second-order valence-corrected chi connectivity index (χ2v) is 9.86. The minimum absolute atomic E-state index is 0.0779. The number of amides is 1. The second kappa shape index (κ2) is 7.62. The molecule has 1 aliphatic rings. The third-order valence-corrected chi connectivity index (χ3v) is 7.24. The molecular formula is C20H25N5O3S. The maximum absolute atomic E-state index is 12.4. The summed E-state index contributed by atoms with van der Waals surface area (Å²) in [7, 11) is -2.98. The van der Waals surface area contributed by atoms with Crippen molar-refractivity contribution in [1.82, 2.24) is 25.1 Å². The number of imidazole rings is 1. The average Bonchev–Trinajstić information content (AvgIpc) is 3.32. The van der Waals surface area contributed by atoms with Crippen molar-refractivity contribution >= 4 is 26.8 Å². The van der Waals surface area contributed by atoms with Crippen molar-refractivity contribution in [2.45, 2.75) is 39.2 Å². The number of hydrogen-bond acceptors (Lipinski definition) is 5. The summed E-state index contributed by atoms with van der Waals surface area (Å²) in [6.45, 7) is 4.26. The average molecular weight is 416 g/mol. The number of aryl methyl sites for hydroxylation is 1. The molecule has 1 fully saturated rings. The number of sulfone groups is 1. The molecule has 3 aromatic rings. The molecule has 0 bridgehead atoms. The quantitative estimate of drug-likeness (QED) is 0.636. The Hall–Kier alpha value is -2.68. The predicted octanol–water partition coefficient (Wildman–Crippen LogP) is 1.64. The third-order valence-electron chi connectivity index (χ3n) is 5.49. The van der Waals surface area contributed by atoms with Gasteiger partial charge in [0, 0.05) is 24.2 Å². The lowest BCUT2D eigenvalue weighted by atomic mass is 10.1. The number of benzene rings is 1. The first-order valence-electron chi connectivity index (χ1n) is 9.78. The standard InChI is InChI=1S/C20H25N5O3S/c1-13-16(14(2)25(24-13)15-8-10-29(27,28)12-15)11-20(26)21-9-7-19-22-17-5-3-4-6-18(17)23-19/h3-6,15H,7-12H2,1-2H3,(H,21,26)(H,22,23). The number of aromatic amines is 1. The van der Waals surface area contributed by atoms with E-state index in [9.17, 15) is 13.2 Å². The van der Waals surface area contributed by atoms with Crippen molar-refractivity contribution in [3.63, 3.8) is 0 Å². The van der Waals surface area contributed by atoms with Crippen LogP contribution in [0, 0.1) is 13.8 Å². The fourth-order valence-corrected chi connectivity index (χ4v) is 5.64. The van der Waals surface area contributed by atoms with E-state index >= 15 is 0 Å². The van der Waals surface area contributed by atoms with Crippen molar-refractivity contribution in [3.8, 4) is 0 Å². The van der Waals surface area contributed by atoms with Crippen LogP contribution < -0.4 is 5.32 Å². The molecule has 1 amide bonds. The molecule has 0 saturated carbocycles. The highest BCUT2D eigenvalue weighted by atomic mass is 32.2. The fourth-order valence-electron chi connectivity index (χ4n) is 3.94. The van der Waals surface area contributed by atoms with E-state index in [1.807, 2.05) is 38.1 Å². The molecule has 2 N–H and O–H groups in total. The molecule has 4 rings (SSSR count). The number of carbonyl (C=O) groups is 1. The summed E-state index contributed by atoms with van der Waals surface area (Å²) in [4.78, 5) is 20.2. The summed E-state index contributed by atoms with van der Waals surface area (Å²) in [5, 5.41) is 7.46. The monoisotopic (exact) mass is 415 g/mol. The number of rotatable bonds is 6. The molecule has 29 heavy (non-hydrogen) atoms. The smallest absolute Gasteiger partial charge is 0.224 e. The van der Waals surface area contributed by atoms with E-state index in [1.165, 1.54) is 0 Å². The van der Waals surface area contributed by atoms with Crippen LogP contribution in [-0.4, -0.2) is 52.1 Å². The summed E-state index contributed by atoms with van der Waals surface area (Å²) < 4.78 is 25.3. The maximum Gasteiger partial charge on any atom is 0.224 e. The van der Waals surface area contributed by atoms with Gasteiger partial charge in [0.1, 0.15) is 5.82 Å². The van der Waals surface area contributed by atoms with Gasteiger partial charge in [0.05, 0.1) is 40.7 Å². The van der Waals surface area contributed by atoms with Gasteiger partial charge in [-0.05, 0) is 32.4 Å². The van der Waals surface area contributed by atoms with Crippen molar-refractivity contribution in [1.29, 1.82) is 0 Å². The highest BCUT2D eigenvalue weighted by molar-refractivity contribution is 7.91. The van der Waals surface area contributed by atoms with Crippen molar-refractivity contribution in [3.05, 3.63) is 47.0 Å². The minimum Gasteiger partial charge on any atom is -0.355 e. The highest BCUT2D eigenvalue weighted by Gasteiger charge is 2.31. The molecular weight excluding hydrogens is 390 g/mol. The molecule has 1 unspecified atom stereocenters. The van der Waals surface area contributed by atoms with Gasteiger partial charge < -0.3 is 10.3 Å². The first-order valence-corrected chi connectivity index (χ1v) is 11.6. The van der Waals surface area contributed by atoms with Crippen molar-refractivity contribution in [2.75, 3.05) is 18.1 Å². The lowest BCUT2D eigenvalue weighted by Gasteiger charge is -2.11. The minimum atomic E-state index is -2.98. The van der Waals surface area contributed by atoms with E-state index in [0.29, 0.717) is 19.4 Å². The number of hydrogen-bond donors (Lipinski definition) is 2. The number of H-pyrrole nitrogens is 1. The van der Waals surface area contributed by atoms with Crippen LogP contribution in [0.2, 0.25) is 0 Å². The molecule has 154 valence electrons. The van der Waals surface area contributed by atoms with Gasteiger partial charge in [-0.25, -0.2) is 13.4 Å². The van der Waals surface area contributed by atoms with Gasteiger partial charge in [-0.1, -0.05) is 12.1 Å². The van der Waals surface area contributed by atoms with Crippen LogP contribution in [0.15, 0.2) is 24.3 Å². The van der Waals surface area contributed by atoms with Crippen LogP contribution in [0.5, 0.6) is 0 Å².